The number of nitrogens with one attached hydrogen (secondary N) is 2. The van der Waals surface area contributed by atoms with Crippen molar-refractivity contribution in [1.82, 2.24) is 19.8 Å². The fourth-order valence-electron chi connectivity index (χ4n) is 5.22. The van der Waals surface area contributed by atoms with E-state index in [9.17, 15) is 19.2 Å². The van der Waals surface area contributed by atoms with E-state index in [2.05, 4.69) is 10.6 Å². The molecule has 0 spiro atoms. The minimum atomic E-state index is -0.467. The van der Waals surface area contributed by atoms with E-state index in [1.54, 1.807) is 11.4 Å². The van der Waals surface area contributed by atoms with Gasteiger partial charge in [0, 0.05) is 25.6 Å². The molecule has 0 radical (unpaired) electrons. The number of thiophene rings is 1. The van der Waals surface area contributed by atoms with Crippen molar-refractivity contribution in [2.45, 2.75) is 83.5 Å². The summed E-state index contributed by atoms with van der Waals surface area (Å²) in [5.74, 6) is 1.13. The van der Waals surface area contributed by atoms with Crippen molar-refractivity contribution in [3.63, 3.8) is 0 Å². The van der Waals surface area contributed by atoms with E-state index >= 15 is 0 Å². The highest BCUT2D eigenvalue weighted by Crippen LogP contribution is 2.32. The van der Waals surface area contributed by atoms with Crippen LogP contribution in [0.3, 0.4) is 0 Å². The molecular formula is C28H34N4O6S. The van der Waals surface area contributed by atoms with E-state index in [0.29, 0.717) is 53.9 Å². The Labute approximate surface area is 229 Å². The Kier molecular flexibility index (Phi) is 8.65. The first kappa shape index (κ1) is 27.0. The molecule has 1 aromatic carbocycles. The number of nitrogens with zero attached hydrogens (tertiary/aromatic N) is 2. The first-order chi connectivity index (χ1) is 19.0. The van der Waals surface area contributed by atoms with Gasteiger partial charge in [-0.3, -0.25) is 23.5 Å². The molecule has 3 heterocycles. The quantitative estimate of drug-likeness (QED) is 0.351. The van der Waals surface area contributed by atoms with Crippen molar-refractivity contribution < 1.29 is 19.1 Å². The summed E-state index contributed by atoms with van der Waals surface area (Å²) in [6.07, 6.45) is 7.59. The zero-order valence-corrected chi connectivity index (χ0v) is 22.7. The monoisotopic (exact) mass is 554 g/mol. The third kappa shape index (κ3) is 6.52. The Morgan fingerprint density at radius 1 is 0.949 bits per heavy atom. The molecule has 3 aromatic rings. The van der Waals surface area contributed by atoms with Crippen LogP contribution < -0.4 is 31.4 Å². The van der Waals surface area contributed by atoms with Crippen molar-refractivity contribution in [2.75, 3.05) is 6.79 Å². The first-order valence-electron chi connectivity index (χ1n) is 13.6. The fourth-order valence-corrected chi connectivity index (χ4v) is 6.06. The maximum atomic E-state index is 13.3. The molecule has 2 N–H and O–H groups in total. The molecule has 1 aliphatic carbocycles. The van der Waals surface area contributed by atoms with Crippen LogP contribution in [0.15, 0.2) is 39.2 Å². The van der Waals surface area contributed by atoms with E-state index in [1.807, 2.05) is 18.2 Å². The number of hydrogen-bond donors (Lipinski definition) is 2. The summed E-state index contributed by atoms with van der Waals surface area (Å²) in [5, 5.41) is 7.74. The lowest BCUT2D eigenvalue weighted by molar-refractivity contribution is -0.123. The van der Waals surface area contributed by atoms with E-state index < -0.39 is 5.69 Å². The maximum absolute atomic E-state index is 13.3. The lowest BCUT2D eigenvalue weighted by atomic mass is 9.95. The molecule has 5 rings (SSSR count). The van der Waals surface area contributed by atoms with Crippen molar-refractivity contribution in [2.24, 2.45) is 0 Å². The van der Waals surface area contributed by atoms with Crippen LogP contribution >= 0.6 is 11.3 Å². The van der Waals surface area contributed by atoms with Gasteiger partial charge in [-0.15, -0.1) is 11.3 Å². The topological polar surface area (TPSA) is 121 Å². The molecule has 208 valence electrons. The number of aromatic nitrogens is 2. The summed E-state index contributed by atoms with van der Waals surface area (Å²) in [7, 11) is 0. The average Bonchev–Trinajstić information content (AvgIpc) is 3.62. The number of benzene rings is 1. The molecule has 1 fully saturated rings. The van der Waals surface area contributed by atoms with Gasteiger partial charge in [-0.1, -0.05) is 31.7 Å². The van der Waals surface area contributed by atoms with Crippen LogP contribution in [-0.4, -0.2) is 33.8 Å². The molecule has 0 bridgehead atoms. The highest BCUT2D eigenvalue weighted by molar-refractivity contribution is 7.17. The predicted molar refractivity (Wildman–Crippen MR) is 148 cm³/mol. The van der Waals surface area contributed by atoms with Gasteiger partial charge < -0.3 is 20.1 Å². The molecule has 0 saturated heterocycles. The van der Waals surface area contributed by atoms with Gasteiger partial charge >= 0.3 is 5.69 Å². The number of ether oxygens (including phenoxy) is 2. The van der Waals surface area contributed by atoms with Crippen LogP contribution in [0.4, 0.5) is 0 Å². The van der Waals surface area contributed by atoms with Crippen LogP contribution in [0.1, 0.15) is 63.4 Å². The SMILES string of the molecule is O=C(CCCCCn1c(=O)c2sccc2n(CC(=O)NC2CCCCC2)c1=O)NCc1ccc2c(c1)OCO2. The second-order valence-electron chi connectivity index (χ2n) is 10.1. The summed E-state index contributed by atoms with van der Waals surface area (Å²) in [5.41, 5.74) is 0.644. The van der Waals surface area contributed by atoms with E-state index in [-0.39, 0.29) is 43.3 Å². The minimum Gasteiger partial charge on any atom is -0.454 e. The number of unbranched alkanes of at least 4 members (excludes halogenated alkanes) is 2. The summed E-state index contributed by atoms with van der Waals surface area (Å²) >= 11 is 1.28. The van der Waals surface area contributed by atoms with Gasteiger partial charge in [0.05, 0.1) is 5.52 Å². The van der Waals surface area contributed by atoms with Crippen LogP contribution in [0.5, 0.6) is 11.5 Å². The van der Waals surface area contributed by atoms with Gasteiger partial charge in [0.15, 0.2) is 11.5 Å². The molecule has 0 atom stereocenters. The number of amides is 2. The van der Waals surface area contributed by atoms with Crippen LogP contribution in [0.2, 0.25) is 0 Å². The normalized spacial score (nSPS) is 15.0. The lowest BCUT2D eigenvalue weighted by Gasteiger charge is -2.23. The standard InChI is InChI=1S/C28H34N4O6S/c33-24(29-16-19-10-11-22-23(15-19)38-18-37-22)9-5-2-6-13-31-27(35)26-21(12-14-39-26)32(28(31)36)17-25(34)30-20-7-3-1-4-8-20/h10-12,14-15,20H,1-9,13,16-18H2,(H,29,33)(H,30,34). The Morgan fingerprint density at radius 3 is 2.62 bits per heavy atom. The third-order valence-corrected chi connectivity index (χ3v) is 8.21. The largest absolute Gasteiger partial charge is 0.454 e. The van der Waals surface area contributed by atoms with Gasteiger partial charge in [-0.25, -0.2) is 4.79 Å². The summed E-state index contributed by atoms with van der Waals surface area (Å²) < 4.78 is 13.8. The number of hydrogen-bond acceptors (Lipinski definition) is 7. The van der Waals surface area contributed by atoms with Gasteiger partial charge in [0.2, 0.25) is 18.6 Å². The maximum Gasteiger partial charge on any atom is 0.332 e. The van der Waals surface area contributed by atoms with Crippen molar-refractivity contribution in [3.05, 3.63) is 56.0 Å². The number of carbonyl (C=O) groups is 2. The van der Waals surface area contributed by atoms with E-state index in [1.165, 1.54) is 26.9 Å². The van der Waals surface area contributed by atoms with Gasteiger partial charge in [-0.2, -0.15) is 0 Å². The lowest BCUT2D eigenvalue weighted by Crippen LogP contribution is -2.44. The van der Waals surface area contributed by atoms with Crippen molar-refractivity contribution in [3.8, 4) is 11.5 Å². The highest BCUT2D eigenvalue weighted by atomic mass is 32.1. The molecule has 10 nitrogen and oxygen atoms in total. The molecular weight excluding hydrogens is 520 g/mol. The molecule has 0 unspecified atom stereocenters. The van der Waals surface area contributed by atoms with Crippen molar-refractivity contribution in [1.29, 1.82) is 0 Å². The molecule has 2 amide bonds. The van der Waals surface area contributed by atoms with Gasteiger partial charge in [0.1, 0.15) is 11.2 Å². The number of carbonyl (C=O) groups excluding carboxylic acids is 2. The minimum absolute atomic E-state index is 0.0591. The smallest absolute Gasteiger partial charge is 0.332 e. The summed E-state index contributed by atoms with van der Waals surface area (Å²) in [6, 6.07) is 7.46. The zero-order chi connectivity index (χ0) is 27.2. The molecule has 39 heavy (non-hydrogen) atoms. The van der Waals surface area contributed by atoms with Crippen molar-refractivity contribution >= 4 is 33.4 Å². The second kappa shape index (κ2) is 12.5. The summed E-state index contributed by atoms with van der Waals surface area (Å²) in [4.78, 5) is 51.3. The Balaban J connectivity index is 1.12. The summed E-state index contributed by atoms with van der Waals surface area (Å²) in [6.45, 7) is 0.753. The Hall–Kier alpha value is -3.60. The zero-order valence-electron chi connectivity index (χ0n) is 21.9. The molecule has 1 aliphatic heterocycles. The average molecular weight is 555 g/mol. The predicted octanol–water partition coefficient (Wildman–Crippen LogP) is 3.28. The molecule has 2 aliphatic rings. The van der Waals surface area contributed by atoms with Crippen LogP contribution in [-0.2, 0) is 29.2 Å². The molecule has 2 aromatic heterocycles. The first-order valence-corrected chi connectivity index (χ1v) is 14.5. The van der Waals surface area contributed by atoms with Gasteiger partial charge in [-0.05, 0) is 54.8 Å². The van der Waals surface area contributed by atoms with E-state index in [4.69, 9.17) is 9.47 Å². The van der Waals surface area contributed by atoms with Crippen LogP contribution in [0.25, 0.3) is 10.2 Å². The fraction of sp³-hybridized carbons (Fsp3) is 0.500. The van der Waals surface area contributed by atoms with E-state index in [0.717, 1.165) is 31.2 Å². The molecule has 1 saturated carbocycles. The second-order valence-corrected chi connectivity index (χ2v) is 11.1. The third-order valence-electron chi connectivity index (χ3n) is 7.32. The van der Waals surface area contributed by atoms with Crippen LogP contribution in [0, 0.1) is 0 Å². The Morgan fingerprint density at radius 2 is 1.77 bits per heavy atom. The highest BCUT2D eigenvalue weighted by Gasteiger charge is 2.20. The number of rotatable bonds is 11. The molecule has 11 heteroatoms. The van der Waals surface area contributed by atoms with Gasteiger partial charge in [0.25, 0.3) is 5.56 Å². The Bertz CT molecular complexity index is 1450. The number of fused-ring (bicyclic) bond motifs is 2.